The van der Waals surface area contributed by atoms with Crippen LogP contribution in [0.5, 0.6) is 0 Å². The number of nitrogens with zero attached hydrogens (tertiary/aromatic N) is 3. The second kappa shape index (κ2) is 12.9. The standard InChI is InChI=1S/C24H19Cl4F3N4O4/c1-3-38-19(36)11-17(33-32-16-7-5-12(25)9-14(16)27)21-20(23(37)39-4-2)22(24(29,30)31)34-35(21)18-8-6-13(26)10-15(18)28/h5-10,32H,3-4,11H2,1-2H3/b33-17+. The second-order valence-corrected chi connectivity index (χ2v) is 9.26. The molecule has 3 aromatic rings. The minimum atomic E-state index is -5.11. The van der Waals surface area contributed by atoms with Gasteiger partial charge in [-0.25, -0.2) is 9.48 Å². The number of aromatic nitrogens is 2. The van der Waals surface area contributed by atoms with Crippen molar-refractivity contribution in [3.8, 4) is 5.69 Å². The Kier molecular flexibility index (Phi) is 10.1. The van der Waals surface area contributed by atoms with Gasteiger partial charge in [0.1, 0.15) is 11.3 Å². The average molecular weight is 626 g/mol. The number of alkyl halides is 3. The van der Waals surface area contributed by atoms with Crippen molar-refractivity contribution in [2.45, 2.75) is 26.4 Å². The molecule has 2 aromatic carbocycles. The summed E-state index contributed by atoms with van der Waals surface area (Å²) in [6, 6.07) is 8.27. The largest absolute Gasteiger partial charge is 0.466 e. The van der Waals surface area contributed by atoms with Crippen LogP contribution in [-0.4, -0.2) is 40.6 Å². The van der Waals surface area contributed by atoms with Crippen molar-refractivity contribution < 1.29 is 32.2 Å². The zero-order valence-electron chi connectivity index (χ0n) is 20.2. The summed E-state index contributed by atoms with van der Waals surface area (Å²) >= 11 is 24.4. The van der Waals surface area contributed by atoms with Crippen molar-refractivity contribution in [1.82, 2.24) is 9.78 Å². The summed E-state index contributed by atoms with van der Waals surface area (Å²) < 4.78 is 53.3. The van der Waals surface area contributed by atoms with Gasteiger partial charge in [0, 0.05) is 10.0 Å². The van der Waals surface area contributed by atoms with Gasteiger partial charge in [-0.15, -0.1) is 0 Å². The Labute approximate surface area is 240 Å². The Morgan fingerprint density at radius 3 is 2.15 bits per heavy atom. The number of hydrazone groups is 1. The van der Waals surface area contributed by atoms with Gasteiger partial charge >= 0.3 is 18.1 Å². The molecule has 0 bridgehead atoms. The lowest BCUT2D eigenvalue weighted by Crippen LogP contribution is -2.21. The van der Waals surface area contributed by atoms with Crippen molar-refractivity contribution in [2.24, 2.45) is 5.10 Å². The number of benzene rings is 2. The molecule has 208 valence electrons. The highest BCUT2D eigenvalue weighted by atomic mass is 35.5. The molecule has 15 heteroatoms. The Hall–Kier alpha value is -2.99. The van der Waals surface area contributed by atoms with Crippen molar-refractivity contribution in [3.05, 3.63) is 73.4 Å². The van der Waals surface area contributed by atoms with Crippen LogP contribution in [0.3, 0.4) is 0 Å². The fourth-order valence-electron chi connectivity index (χ4n) is 3.34. The Morgan fingerprint density at radius 2 is 1.59 bits per heavy atom. The van der Waals surface area contributed by atoms with E-state index in [0.717, 1.165) is 4.68 Å². The van der Waals surface area contributed by atoms with E-state index in [1.54, 1.807) is 6.92 Å². The minimum Gasteiger partial charge on any atom is -0.466 e. The van der Waals surface area contributed by atoms with Gasteiger partial charge < -0.3 is 9.47 Å². The topological polar surface area (TPSA) is 94.8 Å². The van der Waals surface area contributed by atoms with Crippen LogP contribution in [0.4, 0.5) is 18.9 Å². The van der Waals surface area contributed by atoms with Crippen LogP contribution in [0.1, 0.15) is 42.0 Å². The maximum absolute atomic E-state index is 14.2. The normalized spacial score (nSPS) is 11.9. The zero-order chi connectivity index (χ0) is 28.9. The van der Waals surface area contributed by atoms with Gasteiger partial charge in [0.25, 0.3) is 0 Å². The number of carbonyl (C=O) groups excluding carboxylic acids is 2. The van der Waals surface area contributed by atoms with E-state index in [1.165, 1.54) is 43.3 Å². The number of carbonyl (C=O) groups is 2. The first kappa shape index (κ1) is 30.6. The summed E-state index contributed by atoms with van der Waals surface area (Å²) in [4.78, 5) is 25.5. The molecule has 0 radical (unpaired) electrons. The van der Waals surface area contributed by atoms with E-state index in [-0.39, 0.29) is 45.4 Å². The molecule has 0 aliphatic carbocycles. The molecular formula is C24H19Cl4F3N4O4. The molecule has 0 saturated carbocycles. The van der Waals surface area contributed by atoms with E-state index < -0.39 is 41.5 Å². The summed E-state index contributed by atoms with van der Waals surface area (Å²) in [5.74, 6) is -2.20. The molecular weight excluding hydrogens is 607 g/mol. The molecule has 0 aliphatic rings. The van der Waals surface area contributed by atoms with Crippen LogP contribution in [0, 0.1) is 0 Å². The molecule has 0 saturated heterocycles. The lowest BCUT2D eigenvalue weighted by atomic mass is 10.1. The number of halogens is 7. The lowest BCUT2D eigenvalue weighted by molar-refractivity contribution is -0.142. The van der Waals surface area contributed by atoms with Crippen LogP contribution in [0.2, 0.25) is 20.1 Å². The van der Waals surface area contributed by atoms with E-state index in [0.29, 0.717) is 5.02 Å². The summed E-state index contributed by atoms with van der Waals surface area (Å²) in [5.41, 5.74) is -0.735. The molecule has 39 heavy (non-hydrogen) atoms. The zero-order valence-corrected chi connectivity index (χ0v) is 23.2. The highest BCUT2D eigenvalue weighted by molar-refractivity contribution is 6.36. The smallest absolute Gasteiger partial charge is 0.436 e. The Morgan fingerprint density at radius 1 is 0.974 bits per heavy atom. The van der Waals surface area contributed by atoms with Crippen LogP contribution in [-0.2, 0) is 20.4 Å². The van der Waals surface area contributed by atoms with E-state index in [2.05, 4.69) is 15.6 Å². The van der Waals surface area contributed by atoms with Crippen LogP contribution in [0.25, 0.3) is 5.69 Å². The molecule has 0 atom stereocenters. The van der Waals surface area contributed by atoms with E-state index >= 15 is 0 Å². The summed E-state index contributed by atoms with van der Waals surface area (Å²) in [6.45, 7) is 2.70. The van der Waals surface area contributed by atoms with Crippen molar-refractivity contribution in [1.29, 1.82) is 0 Å². The van der Waals surface area contributed by atoms with Gasteiger partial charge in [-0.1, -0.05) is 46.4 Å². The number of hydrogen-bond acceptors (Lipinski definition) is 7. The molecule has 1 N–H and O–H groups in total. The summed E-state index contributed by atoms with van der Waals surface area (Å²) in [5, 5.41) is 8.34. The monoisotopic (exact) mass is 624 g/mol. The van der Waals surface area contributed by atoms with Gasteiger partial charge in [-0.05, 0) is 50.2 Å². The third kappa shape index (κ3) is 7.36. The third-order valence-electron chi connectivity index (χ3n) is 4.90. The maximum Gasteiger partial charge on any atom is 0.436 e. The number of ether oxygens (including phenoxy) is 2. The number of anilines is 1. The van der Waals surface area contributed by atoms with E-state index in [9.17, 15) is 22.8 Å². The van der Waals surface area contributed by atoms with E-state index in [4.69, 9.17) is 55.9 Å². The predicted octanol–water partition coefficient (Wildman–Crippen LogP) is 7.45. The molecule has 0 spiro atoms. The highest BCUT2D eigenvalue weighted by Crippen LogP contribution is 2.36. The molecule has 1 heterocycles. The third-order valence-corrected chi connectivity index (χ3v) is 5.99. The first-order valence-corrected chi connectivity index (χ1v) is 12.6. The fraction of sp³-hybridized carbons (Fsp3) is 0.250. The number of esters is 2. The van der Waals surface area contributed by atoms with Gasteiger partial charge in [0.05, 0.1) is 46.8 Å². The van der Waals surface area contributed by atoms with Crippen molar-refractivity contribution in [2.75, 3.05) is 18.6 Å². The minimum absolute atomic E-state index is 0.0244. The van der Waals surface area contributed by atoms with Crippen LogP contribution >= 0.6 is 46.4 Å². The molecule has 0 fully saturated rings. The fourth-order valence-corrected chi connectivity index (χ4v) is 4.28. The average Bonchev–Trinajstić information content (AvgIpc) is 3.24. The van der Waals surface area contributed by atoms with Crippen molar-refractivity contribution >= 4 is 69.7 Å². The maximum atomic E-state index is 14.2. The number of hydrogen-bond donors (Lipinski definition) is 1. The van der Waals surface area contributed by atoms with Gasteiger partial charge in [-0.2, -0.15) is 23.4 Å². The first-order valence-electron chi connectivity index (χ1n) is 11.1. The predicted molar refractivity (Wildman–Crippen MR) is 142 cm³/mol. The lowest BCUT2D eigenvalue weighted by Gasteiger charge is -2.14. The molecule has 0 amide bonds. The highest BCUT2D eigenvalue weighted by Gasteiger charge is 2.44. The molecule has 3 rings (SSSR count). The van der Waals surface area contributed by atoms with Crippen LogP contribution in [0.15, 0.2) is 41.5 Å². The summed E-state index contributed by atoms with van der Waals surface area (Å²) in [7, 11) is 0. The summed E-state index contributed by atoms with van der Waals surface area (Å²) in [6.07, 6.45) is -5.78. The van der Waals surface area contributed by atoms with Crippen molar-refractivity contribution in [3.63, 3.8) is 0 Å². The quantitative estimate of drug-likeness (QED) is 0.151. The molecule has 8 nitrogen and oxygen atoms in total. The number of nitrogens with one attached hydrogen (secondary N) is 1. The van der Waals surface area contributed by atoms with Gasteiger partial charge in [0.2, 0.25) is 0 Å². The molecule has 0 aliphatic heterocycles. The van der Waals surface area contributed by atoms with E-state index in [1.807, 2.05) is 0 Å². The second-order valence-electron chi connectivity index (χ2n) is 7.57. The first-order chi connectivity index (χ1) is 18.4. The SMILES string of the molecule is CCOC(=O)C/C(=N\Nc1ccc(Cl)cc1Cl)c1c(C(=O)OCC)c(C(F)(F)F)nn1-c1ccc(Cl)cc1Cl. The van der Waals surface area contributed by atoms with Crippen LogP contribution < -0.4 is 5.43 Å². The van der Waals surface area contributed by atoms with Gasteiger partial charge in [0.15, 0.2) is 5.69 Å². The Balaban J connectivity index is 2.38. The number of rotatable bonds is 9. The Bertz CT molecular complexity index is 1430. The molecule has 0 unspecified atom stereocenters. The molecule has 1 aromatic heterocycles. The van der Waals surface area contributed by atoms with Gasteiger partial charge in [-0.3, -0.25) is 10.2 Å².